The number of anilines is 2. The van der Waals surface area contributed by atoms with Crippen LogP contribution in [0.3, 0.4) is 0 Å². The fraction of sp³-hybridized carbons (Fsp3) is 0.308. The smallest absolute Gasteiger partial charge is 0.224 e. The van der Waals surface area contributed by atoms with Gasteiger partial charge in [-0.3, -0.25) is 4.98 Å². The highest BCUT2D eigenvalue weighted by atomic mass is 35.5. The van der Waals surface area contributed by atoms with Crippen molar-refractivity contribution in [3.63, 3.8) is 0 Å². The van der Waals surface area contributed by atoms with Crippen molar-refractivity contribution in [1.82, 2.24) is 15.0 Å². The Morgan fingerprint density at radius 3 is 2.89 bits per heavy atom. The van der Waals surface area contributed by atoms with Crippen molar-refractivity contribution in [1.29, 1.82) is 0 Å². The van der Waals surface area contributed by atoms with Crippen LogP contribution in [0.25, 0.3) is 0 Å². The summed E-state index contributed by atoms with van der Waals surface area (Å²) in [7, 11) is 0. The van der Waals surface area contributed by atoms with Crippen LogP contribution in [0, 0.1) is 0 Å². The largest absolute Gasteiger partial charge is 0.365 e. The molecule has 0 aromatic carbocycles. The second-order valence-corrected chi connectivity index (χ2v) is 4.44. The minimum Gasteiger partial charge on any atom is -0.365 e. The maximum atomic E-state index is 6.07. The molecular formula is C13H16ClN5. The van der Waals surface area contributed by atoms with E-state index in [9.17, 15) is 0 Å². The molecular weight excluding hydrogens is 262 g/mol. The molecule has 100 valence electrons. The SMILES string of the molecule is CCCNc1ncc(Cl)c(NCc2cccnc2)n1. The van der Waals surface area contributed by atoms with Gasteiger partial charge in [0.2, 0.25) is 5.95 Å². The molecule has 0 amide bonds. The lowest BCUT2D eigenvalue weighted by molar-refractivity contribution is 0.950. The highest BCUT2D eigenvalue weighted by Gasteiger charge is 2.04. The van der Waals surface area contributed by atoms with E-state index in [1.54, 1.807) is 18.6 Å². The van der Waals surface area contributed by atoms with Crippen LogP contribution in [-0.2, 0) is 6.54 Å². The zero-order valence-electron chi connectivity index (χ0n) is 10.7. The third-order valence-corrected chi connectivity index (χ3v) is 2.74. The lowest BCUT2D eigenvalue weighted by Crippen LogP contribution is -2.08. The molecule has 19 heavy (non-hydrogen) atoms. The van der Waals surface area contributed by atoms with Crippen LogP contribution >= 0.6 is 11.6 Å². The molecule has 0 aliphatic heterocycles. The molecule has 0 radical (unpaired) electrons. The Kier molecular flexibility index (Phi) is 4.92. The number of aromatic nitrogens is 3. The molecule has 0 aliphatic carbocycles. The number of nitrogens with zero attached hydrogens (tertiary/aromatic N) is 3. The van der Waals surface area contributed by atoms with Gasteiger partial charge in [0.15, 0.2) is 5.82 Å². The van der Waals surface area contributed by atoms with Crippen LogP contribution in [-0.4, -0.2) is 21.5 Å². The molecule has 2 N–H and O–H groups in total. The lowest BCUT2D eigenvalue weighted by atomic mass is 10.3. The zero-order chi connectivity index (χ0) is 13.5. The first-order valence-electron chi connectivity index (χ1n) is 6.18. The molecule has 0 aliphatic rings. The molecule has 0 unspecified atom stereocenters. The van der Waals surface area contributed by atoms with Crippen molar-refractivity contribution < 1.29 is 0 Å². The Bertz CT molecular complexity index is 518. The summed E-state index contributed by atoms with van der Waals surface area (Å²) >= 11 is 6.07. The summed E-state index contributed by atoms with van der Waals surface area (Å²) in [6, 6.07) is 3.89. The standard InChI is InChI=1S/C13H16ClN5/c1-2-5-16-13-18-9-11(14)12(19-13)17-8-10-4-3-6-15-7-10/h3-4,6-7,9H,2,5,8H2,1H3,(H2,16,17,18,19). The quantitative estimate of drug-likeness (QED) is 0.850. The molecule has 2 rings (SSSR count). The molecule has 2 aromatic rings. The van der Waals surface area contributed by atoms with E-state index in [1.165, 1.54) is 0 Å². The highest BCUT2D eigenvalue weighted by Crippen LogP contribution is 2.19. The van der Waals surface area contributed by atoms with Gasteiger partial charge in [0.1, 0.15) is 5.02 Å². The molecule has 6 heteroatoms. The van der Waals surface area contributed by atoms with Gasteiger partial charge in [0.25, 0.3) is 0 Å². The summed E-state index contributed by atoms with van der Waals surface area (Å²) < 4.78 is 0. The topological polar surface area (TPSA) is 62.7 Å². The van der Waals surface area contributed by atoms with Crippen molar-refractivity contribution in [3.8, 4) is 0 Å². The molecule has 0 bridgehead atoms. The van der Waals surface area contributed by atoms with Crippen LogP contribution in [0.5, 0.6) is 0 Å². The average molecular weight is 278 g/mol. The summed E-state index contributed by atoms with van der Waals surface area (Å²) in [6.07, 6.45) is 6.16. The third-order valence-electron chi connectivity index (χ3n) is 2.46. The van der Waals surface area contributed by atoms with Crippen molar-refractivity contribution in [2.24, 2.45) is 0 Å². The maximum Gasteiger partial charge on any atom is 0.224 e. The van der Waals surface area contributed by atoms with Gasteiger partial charge in [-0.2, -0.15) is 4.98 Å². The first-order chi connectivity index (χ1) is 9.29. The maximum absolute atomic E-state index is 6.07. The van der Waals surface area contributed by atoms with Gasteiger partial charge >= 0.3 is 0 Å². The van der Waals surface area contributed by atoms with Gasteiger partial charge < -0.3 is 10.6 Å². The summed E-state index contributed by atoms with van der Waals surface area (Å²) in [4.78, 5) is 12.5. The Hall–Kier alpha value is -1.88. The van der Waals surface area contributed by atoms with Crippen molar-refractivity contribution in [2.75, 3.05) is 17.2 Å². The van der Waals surface area contributed by atoms with E-state index in [4.69, 9.17) is 11.6 Å². The molecule has 0 spiro atoms. The molecule has 0 fully saturated rings. The monoisotopic (exact) mass is 277 g/mol. The molecule has 0 saturated carbocycles. The Balaban J connectivity index is 2.02. The number of rotatable bonds is 6. The first kappa shape index (κ1) is 13.5. The lowest BCUT2D eigenvalue weighted by Gasteiger charge is -2.09. The molecule has 2 heterocycles. The van der Waals surface area contributed by atoms with Crippen molar-refractivity contribution in [2.45, 2.75) is 19.9 Å². The summed E-state index contributed by atoms with van der Waals surface area (Å²) in [5.41, 5.74) is 1.07. The molecule has 0 saturated heterocycles. The predicted molar refractivity (Wildman–Crippen MR) is 77.4 cm³/mol. The van der Waals surface area contributed by atoms with E-state index in [2.05, 4.69) is 32.5 Å². The number of halogens is 1. The van der Waals surface area contributed by atoms with Gasteiger partial charge in [0.05, 0.1) is 6.20 Å². The zero-order valence-corrected chi connectivity index (χ0v) is 11.5. The van der Waals surface area contributed by atoms with E-state index in [0.717, 1.165) is 18.5 Å². The van der Waals surface area contributed by atoms with Crippen molar-refractivity contribution >= 4 is 23.4 Å². The van der Waals surface area contributed by atoms with Crippen LogP contribution in [0.2, 0.25) is 5.02 Å². The number of hydrogen-bond acceptors (Lipinski definition) is 5. The highest BCUT2D eigenvalue weighted by molar-refractivity contribution is 6.32. The van der Waals surface area contributed by atoms with Gasteiger partial charge in [-0.1, -0.05) is 24.6 Å². The molecule has 2 aromatic heterocycles. The third kappa shape index (κ3) is 4.06. The minimum atomic E-state index is 0.505. The Morgan fingerprint density at radius 1 is 1.26 bits per heavy atom. The van der Waals surface area contributed by atoms with Gasteiger partial charge in [-0.05, 0) is 18.1 Å². The van der Waals surface area contributed by atoms with Crippen LogP contribution in [0.15, 0.2) is 30.7 Å². The van der Waals surface area contributed by atoms with E-state index < -0.39 is 0 Å². The molecule has 5 nitrogen and oxygen atoms in total. The number of pyridine rings is 1. The Morgan fingerprint density at radius 2 is 2.16 bits per heavy atom. The summed E-state index contributed by atoms with van der Waals surface area (Å²) in [5.74, 6) is 1.21. The fourth-order valence-corrected chi connectivity index (χ4v) is 1.66. The van der Waals surface area contributed by atoms with E-state index >= 15 is 0 Å². The van der Waals surface area contributed by atoms with Crippen molar-refractivity contribution in [3.05, 3.63) is 41.3 Å². The molecule has 0 atom stereocenters. The van der Waals surface area contributed by atoms with E-state index in [1.807, 2.05) is 12.1 Å². The van der Waals surface area contributed by atoms with Crippen LogP contribution in [0.1, 0.15) is 18.9 Å². The van der Waals surface area contributed by atoms with E-state index in [0.29, 0.717) is 23.3 Å². The summed E-state index contributed by atoms with van der Waals surface area (Å²) in [5, 5.41) is 6.82. The van der Waals surface area contributed by atoms with Crippen LogP contribution in [0.4, 0.5) is 11.8 Å². The van der Waals surface area contributed by atoms with Gasteiger partial charge in [0, 0.05) is 25.5 Å². The normalized spacial score (nSPS) is 10.2. The average Bonchev–Trinajstić information content (AvgIpc) is 2.46. The Labute approximate surface area is 117 Å². The van der Waals surface area contributed by atoms with Gasteiger partial charge in [-0.15, -0.1) is 0 Å². The van der Waals surface area contributed by atoms with E-state index in [-0.39, 0.29) is 0 Å². The minimum absolute atomic E-state index is 0.505. The van der Waals surface area contributed by atoms with Crippen LogP contribution < -0.4 is 10.6 Å². The second-order valence-electron chi connectivity index (χ2n) is 4.03. The number of hydrogen-bond donors (Lipinski definition) is 2. The predicted octanol–water partition coefficient (Wildman–Crippen LogP) is 2.96. The first-order valence-corrected chi connectivity index (χ1v) is 6.56. The second kappa shape index (κ2) is 6.89. The summed E-state index contributed by atoms with van der Waals surface area (Å²) in [6.45, 7) is 3.55. The fourth-order valence-electron chi connectivity index (χ4n) is 1.50. The number of nitrogens with one attached hydrogen (secondary N) is 2. The van der Waals surface area contributed by atoms with Gasteiger partial charge in [-0.25, -0.2) is 4.98 Å².